The van der Waals surface area contributed by atoms with Crippen LogP contribution in [0, 0.1) is 0 Å². The van der Waals surface area contributed by atoms with E-state index in [4.69, 9.17) is 11.6 Å². The number of amides is 1. The van der Waals surface area contributed by atoms with Crippen molar-refractivity contribution >= 4 is 23.2 Å². The smallest absolute Gasteiger partial charge is 0.241 e. The number of aromatic nitrogens is 1. The van der Waals surface area contributed by atoms with Crippen LogP contribution < -0.4 is 10.6 Å². The molecule has 1 saturated heterocycles. The van der Waals surface area contributed by atoms with Gasteiger partial charge in [0.2, 0.25) is 5.91 Å². The molecule has 0 saturated carbocycles. The van der Waals surface area contributed by atoms with Crippen molar-refractivity contribution in [1.29, 1.82) is 0 Å². The lowest BCUT2D eigenvalue weighted by atomic mass is 10.2. The molecule has 0 aliphatic carbocycles. The van der Waals surface area contributed by atoms with Gasteiger partial charge in [-0.1, -0.05) is 11.6 Å². The van der Waals surface area contributed by atoms with E-state index in [1.54, 1.807) is 18.5 Å². The summed E-state index contributed by atoms with van der Waals surface area (Å²) in [6.07, 6.45) is 5.06. The molecule has 5 heteroatoms. The Kier molecular flexibility index (Phi) is 3.18. The summed E-state index contributed by atoms with van der Waals surface area (Å²) in [5.41, 5.74) is 0.567. The molecule has 80 valence electrons. The first-order valence-electron chi connectivity index (χ1n) is 4.91. The number of carbonyl (C=O) groups is 1. The Morgan fingerprint density at radius 2 is 2.53 bits per heavy atom. The maximum Gasteiger partial charge on any atom is 0.241 e. The lowest BCUT2D eigenvalue weighted by Gasteiger charge is -2.11. The first kappa shape index (κ1) is 10.4. The summed E-state index contributed by atoms with van der Waals surface area (Å²) in [4.78, 5) is 15.6. The zero-order valence-electron chi connectivity index (χ0n) is 8.16. The zero-order valence-corrected chi connectivity index (χ0v) is 8.92. The molecular formula is C10H12ClN3O. The molecule has 2 N–H and O–H groups in total. The van der Waals surface area contributed by atoms with Crippen LogP contribution in [0.25, 0.3) is 0 Å². The molecule has 1 aliphatic rings. The third-order valence-corrected chi connectivity index (χ3v) is 2.73. The van der Waals surface area contributed by atoms with Crippen LogP contribution in [0.2, 0.25) is 5.02 Å². The first-order valence-corrected chi connectivity index (χ1v) is 5.29. The van der Waals surface area contributed by atoms with Crippen molar-refractivity contribution < 1.29 is 4.79 Å². The number of rotatable bonds is 2. The molecule has 1 fully saturated rings. The van der Waals surface area contributed by atoms with Gasteiger partial charge >= 0.3 is 0 Å². The van der Waals surface area contributed by atoms with Crippen LogP contribution in [-0.4, -0.2) is 23.5 Å². The van der Waals surface area contributed by atoms with Gasteiger partial charge in [0.05, 0.1) is 22.9 Å². The van der Waals surface area contributed by atoms with E-state index in [1.165, 1.54) is 0 Å². The minimum Gasteiger partial charge on any atom is -0.322 e. The Bertz CT molecular complexity index is 363. The summed E-state index contributed by atoms with van der Waals surface area (Å²) in [5, 5.41) is 6.39. The number of nitrogens with zero attached hydrogens (tertiary/aromatic N) is 1. The molecule has 1 aromatic heterocycles. The Morgan fingerprint density at radius 3 is 3.20 bits per heavy atom. The highest BCUT2D eigenvalue weighted by Crippen LogP contribution is 2.19. The van der Waals surface area contributed by atoms with E-state index in [1.807, 2.05) is 0 Å². The predicted octanol–water partition coefficient (Wildman–Crippen LogP) is 1.43. The third kappa shape index (κ3) is 2.46. The average molecular weight is 226 g/mol. The van der Waals surface area contributed by atoms with Crippen LogP contribution in [0.4, 0.5) is 5.69 Å². The van der Waals surface area contributed by atoms with E-state index >= 15 is 0 Å². The fraction of sp³-hybridized carbons (Fsp3) is 0.400. The van der Waals surface area contributed by atoms with Gasteiger partial charge in [-0.15, -0.1) is 0 Å². The second-order valence-electron chi connectivity index (χ2n) is 3.49. The second kappa shape index (κ2) is 4.59. The zero-order chi connectivity index (χ0) is 10.7. The van der Waals surface area contributed by atoms with Gasteiger partial charge in [-0.3, -0.25) is 9.78 Å². The molecule has 0 spiro atoms. The molecule has 2 heterocycles. The molecule has 4 nitrogen and oxygen atoms in total. The maximum absolute atomic E-state index is 11.7. The monoisotopic (exact) mass is 225 g/mol. The maximum atomic E-state index is 11.7. The van der Waals surface area contributed by atoms with Crippen LogP contribution in [0.1, 0.15) is 12.8 Å². The summed E-state index contributed by atoms with van der Waals surface area (Å²) < 4.78 is 0. The van der Waals surface area contributed by atoms with E-state index < -0.39 is 0 Å². The molecule has 2 rings (SSSR count). The highest BCUT2D eigenvalue weighted by atomic mass is 35.5. The standard InChI is InChI=1S/C10H12ClN3O/c11-7-3-5-12-6-9(7)14-10(15)8-2-1-4-13-8/h3,5-6,8,13H,1-2,4H2,(H,14,15)/t8-/m1/s1. The van der Waals surface area contributed by atoms with Crippen molar-refractivity contribution in [2.75, 3.05) is 11.9 Å². The van der Waals surface area contributed by atoms with Gasteiger partial charge in [0.15, 0.2) is 0 Å². The van der Waals surface area contributed by atoms with Gasteiger partial charge in [-0.2, -0.15) is 0 Å². The SMILES string of the molecule is O=C(Nc1cnccc1Cl)[C@H]1CCCN1. The Morgan fingerprint density at radius 1 is 1.67 bits per heavy atom. The molecule has 0 bridgehead atoms. The van der Waals surface area contributed by atoms with Gasteiger partial charge < -0.3 is 10.6 Å². The molecule has 0 aromatic carbocycles. The van der Waals surface area contributed by atoms with Gasteiger partial charge in [0, 0.05) is 6.20 Å². The largest absolute Gasteiger partial charge is 0.322 e. The number of hydrogen-bond donors (Lipinski definition) is 2. The lowest BCUT2D eigenvalue weighted by Crippen LogP contribution is -2.35. The van der Waals surface area contributed by atoms with E-state index in [0.29, 0.717) is 10.7 Å². The molecular weight excluding hydrogens is 214 g/mol. The summed E-state index contributed by atoms with van der Waals surface area (Å²) in [5.74, 6) is -0.0394. The van der Waals surface area contributed by atoms with Crippen molar-refractivity contribution in [2.24, 2.45) is 0 Å². The summed E-state index contributed by atoms with van der Waals surface area (Å²) in [6, 6.07) is 1.56. The number of anilines is 1. The van der Waals surface area contributed by atoms with Gasteiger partial charge in [-0.05, 0) is 25.5 Å². The predicted molar refractivity (Wildman–Crippen MR) is 58.9 cm³/mol. The topological polar surface area (TPSA) is 54.0 Å². The highest BCUT2D eigenvalue weighted by molar-refractivity contribution is 6.33. The molecule has 1 atom stereocenters. The Labute approximate surface area is 93.0 Å². The number of nitrogens with one attached hydrogen (secondary N) is 2. The highest BCUT2D eigenvalue weighted by Gasteiger charge is 2.22. The molecule has 0 unspecified atom stereocenters. The number of pyridine rings is 1. The lowest BCUT2D eigenvalue weighted by molar-refractivity contribution is -0.117. The van der Waals surface area contributed by atoms with Crippen molar-refractivity contribution in [3.05, 3.63) is 23.5 Å². The van der Waals surface area contributed by atoms with Crippen molar-refractivity contribution in [3.8, 4) is 0 Å². The van der Waals surface area contributed by atoms with Crippen LogP contribution in [0.5, 0.6) is 0 Å². The van der Waals surface area contributed by atoms with Crippen LogP contribution in [0.15, 0.2) is 18.5 Å². The van der Waals surface area contributed by atoms with E-state index in [-0.39, 0.29) is 11.9 Å². The normalized spacial score (nSPS) is 20.2. The van der Waals surface area contributed by atoms with E-state index in [0.717, 1.165) is 19.4 Å². The fourth-order valence-corrected chi connectivity index (χ4v) is 1.75. The quantitative estimate of drug-likeness (QED) is 0.801. The average Bonchev–Trinajstić information content (AvgIpc) is 2.74. The van der Waals surface area contributed by atoms with Crippen LogP contribution in [-0.2, 0) is 4.79 Å². The summed E-state index contributed by atoms with van der Waals surface area (Å²) >= 11 is 5.90. The number of halogens is 1. The van der Waals surface area contributed by atoms with Crippen LogP contribution >= 0.6 is 11.6 Å². The molecule has 1 amide bonds. The summed E-state index contributed by atoms with van der Waals surface area (Å²) in [7, 11) is 0. The minimum atomic E-state index is -0.0960. The van der Waals surface area contributed by atoms with Gasteiger partial charge in [0.25, 0.3) is 0 Å². The van der Waals surface area contributed by atoms with Gasteiger partial charge in [0.1, 0.15) is 0 Å². The van der Waals surface area contributed by atoms with Crippen molar-refractivity contribution in [1.82, 2.24) is 10.3 Å². The Balaban J connectivity index is 2.02. The van der Waals surface area contributed by atoms with Crippen molar-refractivity contribution in [2.45, 2.75) is 18.9 Å². The van der Waals surface area contributed by atoms with E-state index in [9.17, 15) is 4.79 Å². The van der Waals surface area contributed by atoms with Crippen LogP contribution in [0.3, 0.4) is 0 Å². The number of carbonyl (C=O) groups excluding carboxylic acids is 1. The fourth-order valence-electron chi connectivity index (χ4n) is 1.60. The van der Waals surface area contributed by atoms with Crippen molar-refractivity contribution in [3.63, 3.8) is 0 Å². The molecule has 15 heavy (non-hydrogen) atoms. The second-order valence-corrected chi connectivity index (χ2v) is 3.90. The minimum absolute atomic E-state index is 0.0394. The molecule has 1 aliphatic heterocycles. The Hall–Kier alpha value is -1.13. The number of hydrogen-bond acceptors (Lipinski definition) is 3. The molecule has 1 aromatic rings. The third-order valence-electron chi connectivity index (χ3n) is 2.40. The van der Waals surface area contributed by atoms with E-state index in [2.05, 4.69) is 15.6 Å². The molecule has 0 radical (unpaired) electrons. The first-order chi connectivity index (χ1) is 7.27. The summed E-state index contributed by atoms with van der Waals surface area (Å²) in [6.45, 7) is 0.902. The van der Waals surface area contributed by atoms with Gasteiger partial charge in [-0.25, -0.2) is 0 Å².